The third-order valence-corrected chi connectivity index (χ3v) is 3.94. The molecule has 0 saturated carbocycles. The quantitative estimate of drug-likeness (QED) is 0.864. The summed E-state index contributed by atoms with van der Waals surface area (Å²) < 4.78 is 2.13. The molecule has 0 atom stereocenters. The number of fused-ring (bicyclic) bond motifs is 1. The summed E-state index contributed by atoms with van der Waals surface area (Å²) in [6, 6.07) is 8.32. The number of hydrogen-bond donors (Lipinski definition) is 1. The molecule has 76 valence electrons. The summed E-state index contributed by atoms with van der Waals surface area (Å²) in [5.41, 5.74) is 8.10. The molecule has 2 rings (SSSR count). The number of rotatable bonds is 3. The zero-order valence-corrected chi connectivity index (χ0v) is 10.1. The fourth-order valence-corrected chi connectivity index (χ4v) is 3.04. The maximum absolute atomic E-state index is 5.94. The third kappa shape index (κ3) is 1.72. The molecule has 0 spiro atoms. The van der Waals surface area contributed by atoms with Gasteiger partial charge < -0.3 is 0 Å². The van der Waals surface area contributed by atoms with Crippen LogP contribution >= 0.6 is 9.69 Å². The Balaban J connectivity index is 2.61. The van der Waals surface area contributed by atoms with Gasteiger partial charge in [0.05, 0.1) is 0 Å². The van der Waals surface area contributed by atoms with Crippen molar-refractivity contribution in [3.8, 4) is 0 Å². The maximum atomic E-state index is 5.94. The van der Waals surface area contributed by atoms with Crippen molar-refractivity contribution >= 4 is 20.6 Å². The predicted molar refractivity (Wildman–Crippen MR) is 55.9 cm³/mol. The van der Waals surface area contributed by atoms with Crippen LogP contribution in [0, 0.1) is 0 Å². The van der Waals surface area contributed by atoms with Gasteiger partial charge in [0.15, 0.2) is 0 Å². The van der Waals surface area contributed by atoms with Gasteiger partial charge in [0.1, 0.15) is 0 Å². The first-order valence-corrected chi connectivity index (χ1v) is 7.42. The van der Waals surface area contributed by atoms with E-state index in [1.807, 2.05) is 6.07 Å². The van der Waals surface area contributed by atoms with Gasteiger partial charge in [-0.15, -0.1) is 0 Å². The van der Waals surface area contributed by atoms with Gasteiger partial charge in [-0.2, -0.15) is 0 Å². The summed E-state index contributed by atoms with van der Waals surface area (Å²) in [5.74, 6) is 0. The Hall–Kier alpha value is -0.367. The summed E-state index contributed by atoms with van der Waals surface area (Å²) >= 11 is -0.267. The molecule has 4 heteroatoms. The van der Waals surface area contributed by atoms with Gasteiger partial charge in [-0.1, -0.05) is 0 Å². The molecule has 1 heterocycles. The number of para-hydroxylation sites is 1. The SMILES string of the molecule is NCCc1c[n]([Ru][Cl])c2ccccc12. The zero-order chi connectivity index (χ0) is 9.97. The van der Waals surface area contributed by atoms with Crippen molar-refractivity contribution in [2.75, 3.05) is 6.54 Å². The topological polar surface area (TPSA) is 30.9 Å². The molecular weight excluding hydrogens is 285 g/mol. The average molecular weight is 296 g/mol. The van der Waals surface area contributed by atoms with Crippen LogP contribution in [0.3, 0.4) is 0 Å². The van der Waals surface area contributed by atoms with Crippen LogP contribution in [0.5, 0.6) is 0 Å². The predicted octanol–water partition coefficient (Wildman–Crippen LogP) is 2.14. The summed E-state index contributed by atoms with van der Waals surface area (Å²) in [7, 11) is 5.94. The molecule has 0 amide bonds. The van der Waals surface area contributed by atoms with Crippen LogP contribution in [0.2, 0.25) is 0 Å². The Morgan fingerprint density at radius 3 is 2.86 bits per heavy atom. The molecule has 1 aromatic heterocycles. The van der Waals surface area contributed by atoms with Crippen LogP contribution in [0.4, 0.5) is 0 Å². The molecule has 2 nitrogen and oxygen atoms in total. The molecule has 2 aromatic rings. The Morgan fingerprint density at radius 1 is 1.36 bits per heavy atom. The van der Waals surface area contributed by atoms with E-state index in [9.17, 15) is 0 Å². The Labute approximate surface area is 94.9 Å². The monoisotopic (exact) mass is 296 g/mol. The van der Waals surface area contributed by atoms with Gasteiger partial charge in [-0.25, -0.2) is 0 Å². The molecule has 0 radical (unpaired) electrons. The van der Waals surface area contributed by atoms with Crippen LogP contribution in [0.1, 0.15) is 5.56 Å². The molecule has 0 aliphatic rings. The number of aromatic nitrogens is 1. The van der Waals surface area contributed by atoms with E-state index in [-0.39, 0.29) is 16.4 Å². The van der Waals surface area contributed by atoms with E-state index in [0.29, 0.717) is 6.54 Å². The standard InChI is InChI=1S/C10H11N2.ClH.Ru/c11-6-5-8-7-12-10-4-2-1-3-9(8)10;;/h1-4,7H,5-6,11H2;1H;/q-1;;+2/p-1. The molecule has 0 bridgehead atoms. The number of nitrogens with two attached hydrogens (primary N) is 1. The summed E-state index contributed by atoms with van der Waals surface area (Å²) in [6.07, 6.45) is 3.05. The van der Waals surface area contributed by atoms with E-state index < -0.39 is 0 Å². The number of benzene rings is 1. The first-order chi connectivity index (χ1) is 6.86. The number of hydrogen-bond acceptors (Lipinski definition) is 1. The molecule has 0 aliphatic heterocycles. The van der Waals surface area contributed by atoms with Crippen molar-refractivity contribution in [2.45, 2.75) is 6.42 Å². The second kappa shape index (κ2) is 4.44. The molecule has 1 aromatic carbocycles. The molecule has 14 heavy (non-hydrogen) atoms. The van der Waals surface area contributed by atoms with Gasteiger partial charge in [0.2, 0.25) is 0 Å². The van der Waals surface area contributed by atoms with Crippen LogP contribution in [0.25, 0.3) is 10.9 Å². The fraction of sp³-hybridized carbons (Fsp3) is 0.200. The van der Waals surface area contributed by atoms with E-state index >= 15 is 0 Å². The van der Waals surface area contributed by atoms with Crippen LogP contribution in [-0.4, -0.2) is 9.85 Å². The van der Waals surface area contributed by atoms with Crippen molar-refractivity contribution in [3.63, 3.8) is 0 Å². The van der Waals surface area contributed by atoms with Crippen molar-refractivity contribution in [1.82, 2.24) is 3.31 Å². The minimum atomic E-state index is -0.267. The van der Waals surface area contributed by atoms with Crippen molar-refractivity contribution in [1.29, 1.82) is 0 Å². The summed E-state index contributed by atoms with van der Waals surface area (Å²) in [5, 5.41) is 1.29. The second-order valence-corrected chi connectivity index (χ2v) is 4.91. The third-order valence-electron chi connectivity index (χ3n) is 2.22. The zero-order valence-electron chi connectivity index (χ0n) is 7.56. The van der Waals surface area contributed by atoms with Gasteiger partial charge >= 0.3 is 95.0 Å². The Bertz CT molecular complexity index is 439. The van der Waals surface area contributed by atoms with E-state index in [2.05, 4.69) is 27.7 Å². The molecular formula is C10H11ClN2Ru. The number of nitrogens with zero attached hydrogens (tertiary/aromatic N) is 1. The van der Waals surface area contributed by atoms with Gasteiger partial charge in [-0.05, 0) is 0 Å². The first kappa shape index (κ1) is 10.2. The Morgan fingerprint density at radius 2 is 2.14 bits per heavy atom. The van der Waals surface area contributed by atoms with Crippen LogP contribution in [-0.2, 0) is 22.8 Å². The van der Waals surface area contributed by atoms with E-state index in [1.54, 1.807) is 0 Å². The molecule has 0 aliphatic carbocycles. The van der Waals surface area contributed by atoms with Crippen LogP contribution < -0.4 is 5.73 Å². The average Bonchev–Trinajstić information content (AvgIpc) is 2.58. The van der Waals surface area contributed by atoms with Gasteiger partial charge in [0, 0.05) is 0 Å². The molecule has 0 fully saturated rings. The summed E-state index contributed by atoms with van der Waals surface area (Å²) in [6.45, 7) is 0.687. The van der Waals surface area contributed by atoms with E-state index in [0.717, 1.165) is 6.42 Å². The number of halogens is 1. The van der Waals surface area contributed by atoms with Gasteiger partial charge in [-0.3, -0.25) is 0 Å². The first-order valence-electron chi connectivity index (χ1n) is 4.40. The fourth-order valence-electron chi connectivity index (χ4n) is 1.60. The molecule has 2 N–H and O–H groups in total. The minimum absolute atomic E-state index is 0.267. The van der Waals surface area contributed by atoms with Crippen molar-refractivity contribution in [3.05, 3.63) is 36.0 Å². The van der Waals surface area contributed by atoms with Crippen molar-refractivity contribution < 1.29 is 16.4 Å². The van der Waals surface area contributed by atoms with E-state index in [4.69, 9.17) is 15.4 Å². The van der Waals surface area contributed by atoms with Gasteiger partial charge in [0.25, 0.3) is 0 Å². The normalized spacial score (nSPS) is 11.3. The summed E-state index contributed by atoms with van der Waals surface area (Å²) in [4.78, 5) is 0. The second-order valence-electron chi connectivity index (χ2n) is 3.07. The van der Waals surface area contributed by atoms with E-state index in [1.165, 1.54) is 16.5 Å². The van der Waals surface area contributed by atoms with Crippen LogP contribution in [0.15, 0.2) is 30.5 Å². The molecule has 0 saturated heterocycles. The van der Waals surface area contributed by atoms with Crippen molar-refractivity contribution in [2.24, 2.45) is 5.73 Å². The Kier molecular flexibility index (Phi) is 3.22. The molecule has 0 unspecified atom stereocenters.